The molecule has 1 aliphatic carbocycles. The zero-order valence-electron chi connectivity index (χ0n) is 12.5. The van der Waals surface area contributed by atoms with Gasteiger partial charge in [-0.05, 0) is 49.5 Å². The van der Waals surface area contributed by atoms with Crippen molar-refractivity contribution in [2.75, 3.05) is 6.54 Å². The van der Waals surface area contributed by atoms with Crippen molar-refractivity contribution < 1.29 is 8.42 Å². The molecule has 21 heavy (non-hydrogen) atoms. The fraction of sp³-hybridized carbons (Fsp3) is 0.733. The highest BCUT2D eigenvalue weighted by atomic mass is 32.2. The summed E-state index contributed by atoms with van der Waals surface area (Å²) in [4.78, 5) is 1.28. The Kier molecular flexibility index (Phi) is 4.41. The first-order chi connectivity index (χ1) is 10.1. The first kappa shape index (κ1) is 15.5. The predicted molar refractivity (Wildman–Crippen MR) is 85.8 cm³/mol. The molecule has 0 unspecified atom stereocenters. The minimum Gasteiger partial charge on any atom is -0.326 e. The van der Waals surface area contributed by atoms with Crippen molar-refractivity contribution in [1.29, 1.82) is 0 Å². The van der Waals surface area contributed by atoms with Gasteiger partial charge in [-0.1, -0.05) is 12.8 Å². The van der Waals surface area contributed by atoms with Gasteiger partial charge in [0.1, 0.15) is 4.90 Å². The normalized spacial score (nSPS) is 27.5. The van der Waals surface area contributed by atoms with E-state index in [0.29, 0.717) is 23.9 Å². The van der Waals surface area contributed by atoms with Gasteiger partial charge in [0.05, 0.1) is 0 Å². The number of hydrogen-bond acceptors (Lipinski definition) is 4. The Hall–Kier alpha value is -0.430. The van der Waals surface area contributed by atoms with Crippen LogP contribution in [0.15, 0.2) is 10.3 Å². The predicted octanol–water partition coefficient (Wildman–Crippen LogP) is 2.86. The molecule has 2 heterocycles. The number of fused-ring (bicyclic) bond motifs is 1. The zero-order valence-corrected chi connectivity index (χ0v) is 14.2. The monoisotopic (exact) mass is 328 g/mol. The number of hydrogen-bond donors (Lipinski definition) is 1. The van der Waals surface area contributed by atoms with Crippen LogP contribution in [0.5, 0.6) is 0 Å². The molecule has 0 radical (unpaired) electrons. The average Bonchev–Trinajstić information content (AvgIpc) is 2.88. The standard InChI is InChI=1S/C15H24N2O2S2/c1-11-10-20-14(9-16)15(11)21(18,19)17-8-4-6-12-5-2-3-7-13(12)17/h10,12-13H,2-9,16H2,1H3/t12-,13-/m1/s1. The zero-order chi connectivity index (χ0) is 15.0. The highest BCUT2D eigenvalue weighted by Crippen LogP contribution is 2.39. The molecule has 1 saturated carbocycles. The van der Waals surface area contributed by atoms with Crippen LogP contribution >= 0.6 is 11.3 Å². The third kappa shape index (κ3) is 2.67. The summed E-state index contributed by atoms with van der Waals surface area (Å²) in [5.74, 6) is 0.558. The van der Waals surface area contributed by atoms with Crippen molar-refractivity contribution in [3.8, 4) is 0 Å². The molecule has 2 N–H and O–H groups in total. The molecule has 2 aliphatic rings. The van der Waals surface area contributed by atoms with E-state index in [4.69, 9.17) is 5.73 Å². The smallest absolute Gasteiger partial charge is 0.244 e. The highest BCUT2D eigenvalue weighted by Gasteiger charge is 2.41. The van der Waals surface area contributed by atoms with Gasteiger partial charge < -0.3 is 5.73 Å². The summed E-state index contributed by atoms with van der Waals surface area (Å²) in [6.07, 6.45) is 6.78. The van der Waals surface area contributed by atoms with Gasteiger partial charge in [0.15, 0.2) is 0 Å². The lowest BCUT2D eigenvalue weighted by atomic mass is 9.79. The van der Waals surface area contributed by atoms with Crippen molar-refractivity contribution in [1.82, 2.24) is 4.31 Å². The Labute approximate surface area is 131 Å². The maximum absolute atomic E-state index is 13.2. The van der Waals surface area contributed by atoms with Crippen molar-refractivity contribution in [2.24, 2.45) is 11.7 Å². The summed E-state index contributed by atoms with van der Waals surface area (Å²) in [5, 5.41) is 1.91. The first-order valence-electron chi connectivity index (χ1n) is 7.84. The first-order valence-corrected chi connectivity index (χ1v) is 10.2. The second-order valence-corrected chi connectivity index (χ2v) is 9.04. The van der Waals surface area contributed by atoms with Gasteiger partial charge in [0.25, 0.3) is 0 Å². The van der Waals surface area contributed by atoms with E-state index in [9.17, 15) is 8.42 Å². The molecule has 0 bridgehead atoms. The maximum atomic E-state index is 13.2. The molecule has 1 aromatic heterocycles. The number of nitrogens with two attached hydrogens (primary N) is 1. The number of nitrogens with zero attached hydrogens (tertiary/aromatic N) is 1. The van der Waals surface area contributed by atoms with E-state index in [-0.39, 0.29) is 6.04 Å². The largest absolute Gasteiger partial charge is 0.326 e. The van der Waals surface area contributed by atoms with Crippen LogP contribution in [-0.4, -0.2) is 25.3 Å². The van der Waals surface area contributed by atoms with E-state index >= 15 is 0 Å². The van der Waals surface area contributed by atoms with Crippen LogP contribution in [0.25, 0.3) is 0 Å². The number of sulfonamides is 1. The molecule has 2 fully saturated rings. The minimum absolute atomic E-state index is 0.211. The quantitative estimate of drug-likeness (QED) is 0.928. The van der Waals surface area contributed by atoms with Crippen molar-refractivity contribution in [3.63, 3.8) is 0 Å². The van der Waals surface area contributed by atoms with E-state index in [1.54, 1.807) is 4.31 Å². The molecular formula is C15H24N2O2S2. The lowest BCUT2D eigenvalue weighted by Gasteiger charge is -2.43. The average molecular weight is 329 g/mol. The Morgan fingerprint density at radius 2 is 2.00 bits per heavy atom. The number of piperidine rings is 1. The van der Waals surface area contributed by atoms with E-state index in [2.05, 4.69) is 0 Å². The van der Waals surface area contributed by atoms with Crippen molar-refractivity contribution in [2.45, 2.75) is 62.9 Å². The molecule has 118 valence electrons. The second kappa shape index (κ2) is 5.99. The van der Waals surface area contributed by atoms with Crippen LogP contribution in [-0.2, 0) is 16.6 Å². The van der Waals surface area contributed by atoms with Gasteiger partial charge in [-0.25, -0.2) is 8.42 Å². The van der Waals surface area contributed by atoms with Gasteiger partial charge in [-0.3, -0.25) is 0 Å². The van der Waals surface area contributed by atoms with Gasteiger partial charge in [0, 0.05) is 24.0 Å². The molecule has 1 aromatic rings. The molecule has 4 nitrogen and oxygen atoms in total. The molecule has 0 amide bonds. The summed E-state index contributed by atoms with van der Waals surface area (Å²) in [6.45, 7) is 2.85. The third-order valence-corrected chi connectivity index (χ3v) is 8.34. The van der Waals surface area contributed by atoms with E-state index in [1.807, 2.05) is 12.3 Å². The molecule has 1 aliphatic heterocycles. The lowest BCUT2D eigenvalue weighted by Crippen LogP contribution is -2.49. The van der Waals surface area contributed by atoms with Crippen LogP contribution in [0.4, 0.5) is 0 Å². The van der Waals surface area contributed by atoms with Gasteiger partial charge >= 0.3 is 0 Å². The van der Waals surface area contributed by atoms with Crippen LogP contribution in [0, 0.1) is 12.8 Å². The van der Waals surface area contributed by atoms with Crippen molar-refractivity contribution in [3.05, 3.63) is 15.8 Å². The Morgan fingerprint density at radius 1 is 1.29 bits per heavy atom. The second-order valence-electron chi connectivity index (χ2n) is 6.25. The van der Waals surface area contributed by atoms with E-state index in [1.165, 1.54) is 30.6 Å². The fourth-order valence-electron chi connectivity index (χ4n) is 3.97. The topological polar surface area (TPSA) is 63.4 Å². The number of rotatable bonds is 3. The summed E-state index contributed by atoms with van der Waals surface area (Å²) in [6, 6.07) is 0.211. The Bertz CT molecular complexity index is 607. The summed E-state index contributed by atoms with van der Waals surface area (Å²) < 4.78 is 28.2. The van der Waals surface area contributed by atoms with E-state index in [0.717, 1.165) is 29.7 Å². The maximum Gasteiger partial charge on any atom is 0.244 e. The summed E-state index contributed by atoms with van der Waals surface area (Å²) >= 11 is 1.47. The van der Waals surface area contributed by atoms with Gasteiger partial charge in [-0.15, -0.1) is 11.3 Å². The van der Waals surface area contributed by atoms with Crippen LogP contribution < -0.4 is 5.73 Å². The summed E-state index contributed by atoms with van der Waals surface area (Å²) in [7, 11) is -3.40. The van der Waals surface area contributed by atoms with Crippen LogP contribution in [0.3, 0.4) is 0 Å². The van der Waals surface area contributed by atoms with E-state index < -0.39 is 10.0 Å². The van der Waals surface area contributed by atoms with Gasteiger partial charge in [0.2, 0.25) is 10.0 Å². The molecule has 0 spiro atoms. The highest BCUT2D eigenvalue weighted by molar-refractivity contribution is 7.89. The fourth-order valence-corrected chi connectivity index (χ4v) is 7.38. The molecule has 2 atom stereocenters. The van der Waals surface area contributed by atoms with Crippen molar-refractivity contribution >= 4 is 21.4 Å². The van der Waals surface area contributed by atoms with Crippen LogP contribution in [0.1, 0.15) is 49.0 Å². The molecular weight excluding hydrogens is 304 g/mol. The summed E-state index contributed by atoms with van der Waals surface area (Å²) in [5.41, 5.74) is 6.60. The molecule has 0 aromatic carbocycles. The number of thiophene rings is 1. The van der Waals surface area contributed by atoms with Gasteiger partial charge in [-0.2, -0.15) is 4.31 Å². The Balaban J connectivity index is 1.98. The Morgan fingerprint density at radius 3 is 2.76 bits per heavy atom. The van der Waals surface area contributed by atoms with Crippen LogP contribution in [0.2, 0.25) is 0 Å². The minimum atomic E-state index is -3.40. The third-order valence-electron chi connectivity index (χ3n) is 4.93. The molecule has 1 saturated heterocycles. The molecule has 6 heteroatoms. The number of aryl methyl sites for hydroxylation is 1. The lowest BCUT2D eigenvalue weighted by molar-refractivity contribution is 0.129. The SMILES string of the molecule is Cc1csc(CN)c1S(=O)(=O)N1CCC[C@H]2CCCC[C@H]21. The molecule has 3 rings (SSSR count).